The fourth-order valence-electron chi connectivity index (χ4n) is 2.01. The van der Waals surface area contributed by atoms with Crippen molar-refractivity contribution in [1.29, 1.82) is 0 Å². The molecule has 2 rings (SSSR count). The molecule has 0 fully saturated rings. The lowest BCUT2D eigenvalue weighted by molar-refractivity contribution is 0.150. The van der Waals surface area contributed by atoms with Gasteiger partial charge in [-0.05, 0) is 6.07 Å². The van der Waals surface area contributed by atoms with Gasteiger partial charge < -0.3 is 9.67 Å². The number of aliphatic hydroxyl groups is 1. The zero-order valence-electron chi connectivity index (χ0n) is 10.5. The van der Waals surface area contributed by atoms with E-state index in [1.165, 1.54) is 6.07 Å². The molecule has 0 aliphatic carbocycles. The van der Waals surface area contributed by atoms with Crippen molar-refractivity contribution in [3.63, 3.8) is 0 Å². The van der Waals surface area contributed by atoms with Crippen molar-refractivity contribution in [2.75, 3.05) is 0 Å². The summed E-state index contributed by atoms with van der Waals surface area (Å²) in [5.74, 6) is 0.787. The Morgan fingerprint density at radius 1 is 1.33 bits per heavy atom. The van der Waals surface area contributed by atoms with Crippen LogP contribution >= 0.6 is 0 Å². The van der Waals surface area contributed by atoms with Gasteiger partial charge in [0.1, 0.15) is 11.6 Å². The van der Waals surface area contributed by atoms with Gasteiger partial charge in [0, 0.05) is 23.9 Å². The van der Waals surface area contributed by atoms with Gasteiger partial charge in [0.25, 0.3) is 0 Å². The number of benzene rings is 1. The maximum Gasteiger partial charge on any atom is 0.129 e. The van der Waals surface area contributed by atoms with Crippen LogP contribution in [0.25, 0.3) is 0 Å². The second-order valence-corrected chi connectivity index (χ2v) is 4.63. The zero-order chi connectivity index (χ0) is 13.1. The molecular formula is C14H17FN2O. The zero-order valence-corrected chi connectivity index (χ0v) is 10.5. The molecule has 0 saturated heterocycles. The Bertz CT molecular complexity index is 522. The first kappa shape index (κ1) is 12.8. The summed E-state index contributed by atoms with van der Waals surface area (Å²) in [6.45, 7) is 4.39. The highest BCUT2D eigenvalue weighted by molar-refractivity contribution is 5.19. The maximum absolute atomic E-state index is 13.5. The fourth-order valence-corrected chi connectivity index (χ4v) is 2.01. The normalized spacial score (nSPS) is 12.9. The summed E-state index contributed by atoms with van der Waals surface area (Å²) in [5, 5.41) is 10.1. The molecule has 2 aromatic rings. The minimum atomic E-state index is -0.863. The lowest BCUT2D eigenvalue weighted by atomic mass is 10.1. The number of aromatic nitrogens is 2. The van der Waals surface area contributed by atoms with Crippen molar-refractivity contribution in [2.24, 2.45) is 0 Å². The topological polar surface area (TPSA) is 38.0 Å². The van der Waals surface area contributed by atoms with Gasteiger partial charge in [-0.25, -0.2) is 9.37 Å². The number of imidazole rings is 1. The van der Waals surface area contributed by atoms with E-state index in [0.29, 0.717) is 12.1 Å². The Labute approximate surface area is 106 Å². The summed E-state index contributed by atoms with van der Waals surface area (Å²) >= 11 is 0. The molecule has 0 saturated carbocycles. The molecule has 0 bridgehead atoms. The minimum absolute atomic E-state index is 0.271. The maximum atomic E-state index is 13.5. The van der Waals surface area contributed by atoms with Crippen LogP contribution < -0.4 is 0 Å². The highest BCUT2D eigenvalue weighted by Gasteiger charge is 2.15. The van der Waals surface area contributed by atoms with Crippen molar-refractivity contribution in [1.82, 2.24) is 9.55 Å². The van der Waals surface area contributed by atoms with Gasteiger partial charge in [0.05, 0.1) is 12.6 Å². The number of aliphatic hydroxyl groups excluding tert-OH is 1. The first-order valence-electron chi connectivity index (χ1n) is 6.03. The van der Waals surface area contributed by atoms with Crippen LogP contribution in [0, 0.1) is 5.82 Å². The lowest BCUT2D eigenvalue weighted by Crippen LogP contribution is -2.13. The summed E-state index contributed by atoms with van der Waals surface area (Å²) in [5.41, 5.74) is 0.320. The third-order valence-electron chi connectivity index (χ3n) is 2.90. The van der Waals surface area contributed by atoms with Crippen molar-refractivity contribution >= 4 is 0 Å². The molecule has 1 aromatic carbocycles. The third-order valence-corrected chi connectivity index (χ3v) is 2.90. The van der Waals surface area contributed by atoms with Crippen LogP contribution in [0.4, 0.5) is 4.39 Å². The average molecular weight is 248 g/mol. The van der Waals surface area contributed by atoms with Crippen LogP contribution in [-0.2, 0) is 6.54 Å². The van der Waals surface area contributed by atoms with Crippen molar-refractivity contribution in [2.45, 2.75) is 32.4 Å². The Kier molecular flexibility index (Phi) is 3.77. The van der Waals surface area contributed by atoms with E-state index in [1.54, 1.807) is 30.6 Å². The van der Waals surface area contributed by atoms with E-state index in [9.17, 15) is 9.50 Å². The van der Waals surface area contributed by atoms with Crippen molar-refractivity contribution in [3.8, 4) is 0 Å². The van der Waals surface area contributed by atoms with E-state index >= 15 is 0 Å². The summed E-state index contributed by atoms with van der Waals surface area (Å²) < 4.78 is 15.4. The predicted molar refractivity (Wildman–Crippen MR) is 67.7 cm³/mol. The molecule has 96 valence electrons. The molecule has 4 heteroatoms. The number of rotatable bonds is 4. The van der Waals surface area contributed by atoms with Crippen molar-refractivity contribution in [3.05, 3.63) is 53.9 Å². The van der Waals surface area contributed by atoms with Crippen LogP contribution in [-0.4, -0.2) is 14.7 Å². The van der Waals surface area contributed by atoms with Crippen LogP contribution in [0.1, 0.15) is 37.3 Å². The first-order chi connectivity index (χ1) is 8.59. The predicted octanol–water partition coefficient (Wildman–Crippen LogP) is 2.88. The molecule has 1 aromatic heterocycles. The molecule has 0 radical (unpaired) electrons. The number of nitrogens with zero attached hydrogens (tertiary/aromatic N) is 2. The smallest absolute Gasteiger partial charge is 0.129 e. The van der Waals surface area contributed by atoms with Gasteiger partial charge in [0.15, 0.2) is 0 Å². The summed E-state index contributed by atoms with van der Waals surface area (Å²) in [6, 6.07) is 6.29. The summed E-state index contributed by atoms with van der Waals surface area (Å²) in [6.07, 6.45) is 2.64. The Balaban J connectivity index is 2.19. The van der Waals surface area contributed by atoms with Crippen LogP contribution in [0.2, 0.25) is 0 Å². The molecule has 0 aliphatic rings. The Morgan fingerprint density at radius 2 is 2.06 bits per heavy atom. The van der Waals surface area contributed by atoms with Gasteiger partial charge in [-0.15, -0.1) is 0 Å². The standard InChI is InChI=1S/C14H17FN2O/c1-10(2)14-16-7-8-17(14)9-13(18)11-5-3-4-6-12(11)15/h3-8,10,13,18H,9H2,1-2H3. The molecule has 1 N–H and O–H groups in total. The summed E-state index contributed by atoms with van der Waals surface area (Å²) in [4.78, 5) is 4.24. The second kappa shape index (κ2) is 5.31. The quantitative estimate of drug-likeness (QED) is 0.903. The van der Waals surface area contributed by atoms with E-state index in [-0.39, 0.29) is 11.7 Å². The summed E-state index contributed by atoms with van der Waals surface area (Å²) in [7, 11) is 0. The lowest BCUT2D eigenvalue weighted by Gasteiger charge is -2.15. The second-order valence-electron chi connectivity index (χ2n) is 4.63. The van der Waals surface area contributed by atoms with Crippen LogP contribution in [0.15, 0.2) is 36.7 Å². The molecule has 3 nitrogen and oxygen atoms in total. The van der Waals surface area contributed by atoms with E-state index < -0.39 is 6.10 Å². The largest absolute Gasteiger partial charge is 0.386 e. The molecule has 0 spiro atoms. The van der Waals surface area contributed by atoms with Gasteiger partial charge >= 0.3 is 0 Å². The van der Waals surface area contributed by atoms with E-state index in [1.807, 2.05) is 18.4 Å². The van der Waals surface area contributed by atoms with E-state index in [2.05, 4.69) is 4.98 Å². The van der Waals surface area contributed by atoms with Gasteiger partial charge in [-0.3, -0.25) is 0 Å². The van der Waals surface area contributed by atoms with Gasteiger partial charge in [-0.1, -0.05) is 32.0 Å². The Morgan fingerprint density at radius 3 is 2.72 bits per heavy atom. The highest BCUT2D eigenvalue weighted by Crippen LogP contribution is 2.20. The van der Waals surface area contributed by atoms with Crippen LogP contribution in [0.3, 0.4) is 0 Å². The monoisotopic (exact) mass is 248 g/mol. The van der Waals surface area contributed by atoms with Crippen LogP contribution in [0.5, 0.6) is 0 Å². The van der Waals surface area contributed by atoms with Gasteiger partial charge in [-0.2, -0.15) is 0 Å². The highest BCUT2D eigenvalue weighted by atomic mass is 19.1. The first-order valence-corrected chi connectivity index (χ1v) is 6.03. The van der Waals surface area contributed by atoms with E-state index in [0.717, 1.165) is 5.82 Å². The fraction of sp³-hybridized carbons (Fsp3) is 0.357. The number of hydrogen-bond donors (Lipinski definition) is 1. The molecule has 1 unspecified atom stereocenters. The molecule has 1 heterocycles. The number of hydrogen-bond acceptors (Lipinski definition) is 2. The van der Waals surface area contributed by atoms with E-state index in [4.69, 9.17) is 0 Å². The Hall–Kier alpha value is -1.68. The average Bonchev–Trinajstić information content (AvgIpc) is 2.77. The third kappa shape index (κ3) is 2.59. The minimum Gasteiger partial charge on any atom is -0.386 e. The molecular weight excluding hydrogens is 231 g/mol. The number of halogens is 1. The molecule has 0 amide bonds. The molecule has 1 atom stereocenters. The van der Waals surface area contributed by atoms with Crippen molar-refractivity contribution < 1.29 is 9.50 Å². The molecule has 0 aliphatic heterocycles. The van der Waals surface area contributed by atoms with Gasteiger partial charge in [0.2, 0.25) is 0 Å². The molecule has 18 heavy (non-hydrogen) atoms. The SMILES string of the molecule is CC(C)c1nccn1CC(O)c1ccccc1F.